The molecule has 1 aliphatic carbocycles. The molecule has 1 amide bonds. The third-order valence-corrected chi connectivity index (χ3v) is 3.36. The summed E-state index contributed by atoms with van der Waals surface area (Å²) in [6, 6.07) is 6.99. The van der Waals surface area contributed by atoms with Gasteiger partial charge in [0.1, 0.15) is 0 Å². The van der Waals surface area contributed by atoms with Gasteiger partial charge >= 0.3 is 5.97 Å². The molecular formula is C14H17NO3. The van der Waals surface area contributed by atoms with E-state index in [1.165, 1.54) is 0 Å². The molecule has 0 aromatic heterocycles. The molecule has 4 heteroatoms. The van der Waals surface area contributed by atoms with Gasteiger partial charge in [-0.3, -0.25) is 9.59 Å². The largest absolute Gasteiger partial charge is 0.481 e. The van der Waals surface area contributed by atoms with Crippen LogP contribution in [0.1, 0.15) is 32.3 Å². The van der Waals surface area contributed by atoms with Crippen LogP contribution in [0.4, 0.5) is 5.69 Å². The maximum Gasteiger partial charge on any atom is 0.313 e. The Balaban J connectivity index is 2.09. The normalized spacial score (nSPS) is 15.2. The number of anilines is 1. The number of aliphatic carboxylic acids is 1. The summed E-state index contributed by atoms with van der Waals surface area (Å²) in [5, 5.41) is 11.9. The van der Waals surface area contributed by atoms with Crippen LogP contribution < -0.4 is 5.32 Å². The topological polar surface area (TPSA) is 66.4 Å². The molecule has 0 heterocycles. The number of carboxylic acids is 1. The molecule has 0 aliphatic heterocycles. The van der Waals surface area contributed by atoms with Crippen molar-refractivity contribution in [3.05, 3.63) is 29.8 Å². The van der Waals surface area contributed by atoms with E-state index in [-0.39, 0.29) is 11.8 Å². The summed E-state index contributed by atoms with van der Waals surface area (Å²) in [6.45, 7) is 3.32. The first kappa shape index (κ1) is 12.6. The molecule has 1 saturated carbocycles. The van der Waals surface area contributed by atoms with E-state index in [1.807, 2.05) is 0 Å². The predicted octanol–water partition coefficient (Wildman–Crippen LogP) is 2.40. The summed E-state index contributed by atoms with van der Waals surface area (Å²) in [5.74, 6) is -0.641. The third kappa shape index (κ3) is 2.53. The number of hydrogen-bond acceptors (Lipinski definition) is 2. The zero-order valence-electron chi connectivity index (χ0n) is 10.6. The first-order valence-corrected chi connectivity index (χ1v) is 6.06. The van der Waals surface area contributed by atoms with Gasteiger partial charge in [-0.1, -0.05) is 12.1 Å². The lowest BCUT2D eigenvalue weighted by molar-refractivity contribution is -0.142. The minimum absolute atomic E-state index is 0.0558. The smallest absolute Gasteiger partial charge is 0.313 e. The standard InChI is InChI=1S/C14H17NO3/c1-14(2,13(17)18)10-5-7-11(8-6-10)15-12(16)9-3-4-9/h5-9H,3-4H2,1-2H3,(H,15,16)(H,17,18). The van der Waals surface area contributed by atoms with E-state index in [0.29, 0.717) is 0 Å². The first-order chi connectivity index (χ1) is 8.41. The molecule has 1 aliphatic rings. The van der Waals surface area contributed by atoms with Crippen LogP contribution in [0.2, 0.25) is 0 Å². The number of hydrogen-bond donors (Lipinski definition) is 2. The molecule has 0 spiro atoms. The lowest BCUT2D eigenvalue weighted by Gasteiger charge is -2.19. The van der Waals surface area contributed by atoms with Gasteiger partial charge in [-0.15, -0.1) is 0 Å². The van der Waals surface area contributed by atoms with Crippen molar-refractivity contribution in [3.8, 4) is 0 Å². The number of carboxylic acid groups (broad SMARTS) is 1. The third-order valence-electron chi connectivity index (χ3n) is 3.36. The molecule has 0 unspecified atom stereocenters. The van der Waals surface area contributed by atoms with Crippen molar-refractivity contribution in [3.63, 3.8) is 0 Å². The molecule has 1 aromatic carbocycles. The SMILES string of the molecule is CC(C)(C(=O)O)c1ccc(NC(=O)C2CC2)cc1. The second-order valence-corrected chi connectivity index (χ2v) is 5.27. The van der Waals surface area contributed by atoms with Gasteiger partial charge in [-0.05, 0) is 44.4 Å². The van der Waals surface area contributed by atoms with Crippen molar-refractivity contribution in [2.75, 3.05) is 5.32 Å². The van der Waals surface area contributed by atoms with Crippen LogP contribution in [0.3, 0.4) is 0 Å². The van der Waals surface area contributed by atoms with Gasteiger partial charge in [0.25, 0.3) is 0 Å². The van der Waals surface area contributed by atoms with Crippen molar-refractivity contribution < 1.29 is 14.7 Å². The van der Waals surface area contributed by atoms with E-state index in [0.717, 1.165) is 24.1 Å². The molecule has 4 nitrogen and oxygen atoms in total. The van der Waals surface area contributed by atoms with E-state index < -0.39 is 11.4 Å². The van der Waals surface area contributed by atoms with E-state index >= 15 is 0 Å². The molecule has 1 fully saturated rings. The fraction of sp³-hybridized carbons (Fsp3) is 0.429. The van der Waals surface area contributed by atoms with Crippen molar-refractivity contribution in [1.29, 1.82) is 0 Å². The fourth-order valence-electron chi connectivity index (χ4n) is 1.68. The number of carbonyl (C=O) groups excluding carboxylic acids is 1. The second kappa shape index (κ2) is 4.44. The van der Waals surface area contributed by atoms with Crippen LogP contribution in [0, 0.1) is 5.92 Å². The highest BCUT2D eigenvalue weighted by molar-refractivity contribution is 5.94. The average molecular weight is 247 g/mol. The predicted molar refractivity (Wildman–Crippen MR) is 68.5 cm³/mol. The Morgan fingerprint density at radius 2 is 1.78 bits per heavy atom. The summed E-state index contributed by atoms with van der Waals surface area (Å²) in [4.78, 5) is 22.7. The number of benzene rings is 1. The monoisotopic (exact) mass is 247 g/mol. The van der Waals surface area contributed by atoms with Crippen LogP contribution in [0.5, 0.6) is 0 Å². The van der Waals surface area contributed by atoms with Crippen molar-refractivity contribution in [2.24, 2.45) is 5.92 Å². The number of carbonyl (C=O) groups is 2. The highest BCUT2D eigenvalue weighted by Gasteiger charge is 2.30. The minimum atomic E-state index is -0.918. The molecule has 0 bridgehead atoms. The Kier molecular flexibility index (Phi) is 3.11. The van der Waals surface area contributed by atoms with Gasteiger partial charge in [0.2, 0.25) is 5.91 Å². The highest BCUT2D eigenvalue weighted by Crippen LogP contribution is 2.30. The van der Waals surface area contributed by atoms with E-state index in [4.69, 9.17) is 5.11 Å². The van der Waals surface area contributed by atoms with Crippen molar-refractivity contribution in [1.82, 2.24) is 0 Å². The number of amides is 1. The zero-order valence-corrected chi connectivity index (χ0v) is 10.6. The van der Waals surface area contributed by atoms with E-state index in [1.54, 1.807) is 38.1 Å². The summed E-state index contributed by atoms with van der Waals surface area (Å²) in [7, 11) is 0. The Bertz CT molecular complexity index is 472. The van der Waals surface area contributed by atoms with Crippen molar-refractivity contribution in [2.45, 2.75) is 32.1 Å². The second-order valence-electron chi connectivity index (χ2n) is 5.27. The van der Waals surface area contributed by atoms with Crippen LogP contribution in [-0.2, 0) is 15.0 Å². The van der Waals surface area contributed by atoms with Crippen LogP contribution >= 0.6 is 0 Å². The highest BCUT2D eigenvalue weighted by atomic mass is 16.4. The Hall–Kier alpha value is -1.84. The number of nitrogens with one attached hydrogen (secondary N) is 1. The molecule has 0 radical (unpaired) electrons. The maximum absolute atomic E-state index is 11.6. The molecule has 2 N–H and O–H groups in total. The Morgan fingerprint density at radius 3 is 2.22 bits per heavy atom. The number of rotatable bonds is 4. The lowest BCUT2D eigenvalue weighted by Crippen LogP contribution is -2.28. The summed E-state index contributed by atoms with van der Waals surface area (Å²) >= 11 is 0. The molecule has 0 atom stereocenters. The minimum Gasteiger partial charge on any atom is -0.481 e. The zero-order chi connectivity index (χ0) is 13.3. The van der Waals surface area contributed by atoms with E-state index in [2.05, 4.69) is 5.32 Å². The average Bonchev–Trinajstić information content (AvgIpc) is 3.13. The van der Waals surface area contributed by atoms with Crippen LogP contribution in [0.25, 0.3) is 0 Å². The van der Waals surface area contributed by atoms with E-state index in [9.17, 15) is 9.59 Å². The van der Waals surface area contributed by atoms with Crippen LogP contribution in [0.15, 0.2) is 24.3 Å². The molecule has 0 saturated heterocycles. The molecule has 1 aromatic rings. The van der Waals surface area contributed by atoms with Gasteiger partial charge in [0.15, 0.2) is 0 Å². The van der Waals surface area contributed by atoms with Gasteiger partial charge in [-0.25, -0.2) is 0 Å². The molecule has 18 heavy (non-hydrogen) atoms. The lowest BCUT2D eigenvalue weighted by atomic mass is 9.85. The molecular weight excluding hydrogens is 230 g/mol. The Morgan fingerprint density at radius 1 is 1.22 bits per heavy atom. The Labute approximate surface area is 106 Å². The van der Waals surface area contributed by atoms with Gasteiger partial charge in [0, 0.05) is 11.6 Å². The molecule has 96 valence electrons. The fourth-order valence-corrected chi connectivity index (χ4v) is 1.68. The van der Waals surface area contributed by atoms with Gasteiger partial charge in [-0.2, -0.15) is 0 Å². The van der Waals surface area contributed by atoms with Crippen molar-refractivity contribution >= 4 is 17.6 Å². The first-order valence-electron chi connectivity index (χ1n) is 6.06. The summed E-state index contributed by atoms with van der Waals surface area (Å²) < 4.78 is 0. The molecule has 2 rings (SSSR count). The summed E-state index contributed by atoms with van der Waals surface area (Å²) in [6.07, 6.45) is 1.94. The maximum atomic E-state index is 11.6. The quantitative estimate of drug-likeness (QED) is 0.858. The van der Waals surface area contributed by atoms with Gasteiger partial charge < -0.3 is 10.4 Å². The van der Waals surface area contributed by atoms with Gasteiger partial charge in [0.05, 0.1) is 5.41 Å². The van der Waals surface area contributed by atoms with Crippen LogP contribution in [-0.4, -0.2) is 17.0 Å². The summed E-state index contributed by atoms with van der Waals surface area (Å²) in [5.41, 5.74) is 0.523.